The Morgan fingerprint density at radius 2 is 1.97 bits per heavy atom. The number of likely N-dealkylation sites (tertiary alicyclic amines) is 1. The number of para-hydroxylation sites is 1. The van der Waals surface area contributed by atoms with Gasteiger partial charge in [-0.15, -0.1) is 0 Å². The third kappa shape index (κ3) is 4.37. The fourth-order valence-corrected chi connectivity index (χ4v) is 4.78. The topological polar surface area (TPSA) is 105 Å². The van der Waals surface area contributed by atoms with E-state index in [1.54, 1.807) is 18.3 Å². The highest BCUT2D eigenvalue weighted by atomic mass is 16.3. The van der Waals surface area contributed by atoms with Gasteiger partial charge in [-0.25, -0.2) is 4.79 Å². The van der Waals surface area contributed by atoms with Gasteiger partial charge in [0.1, 0.15) is 17.9 Å². The molecule has 0 aliphatic carbocycles. The van der Waals surface area contributed by atoms with Crippen molar-refractivity contribution in [1.29, 1.82) is 0 Å². The van der Waals surface area contributed by atoms with E-state index in [9.17, 15) is 19.2 Å². The normalized spacial score (nSPS) is 20.1. The predicted molar refractivity (Wildman–Crippen MR) is 128 cm³/mol. The molecule has 2 fully saturated rings. The monoisotopic (exact) mass is 474 g/mol. The first kappa shape index (κ1) is 22.6. The van der Waals surface area contributed by atoms with Gasteiger partial charge in [-0.2, -0.15) is 0 Å². The van der Waals surface area contributed by atoms with Crippen molar-refractivity contribution in [2.24, 2.45) is 0 Å². The highest BCUT2D eigenvalue weighted by Crippen LogP contribution is 2.26. The quantitative estimate of drug-likeness (QED) is 0.451. The number of hydrogen-bond donors (Lipinski definition) is 1. The summed E-state index contributed by atoms with van der Waals surface area (Å²) in [5.41, 5.74) is 1.28. The number of furan rings is 1. The zero-order valence-corrected chi connectivity index (χ0v) is 19.4. The van der Waals surface area contributed by atoms with Crippen LogP contribution in [-0.4, -0.2) is 50.7 Å². The van der Waals surface area contributed by atoms with Gasteiger partial charge in [0.25, 0.3) is 11.8 Å². The van der Waals surface area contributed by atoms with Crippen LogP contribution in [0.3, 0.4) is 0 Å². The Balaban J connectivity index is 1.47. The average Bonchev–Trinajstić information content (AvgIpc) is 3.48. The van der Waals surface area contributed by atoms with Gasteiger partial charge in [0.15, 0.2) is 0 Å². The summed E-state index contributed by atoms with van der Waals surface area (Å²) in [5.74, 6) is -1.00. The smallest absolute Gasteiger partial charge is 0.331 e. The summed E-state index contributed by atoms with van der Waals surface area (Å²) in [7, 11) is 0. The minimum Gasteiger partial charge on any atom is -0.467 e. The molecule has 9 nitrogen and oxygen atoms in total. The second-order valence-electron chi connectivity index (χ2n) is 8.95. The van der Waals surface area contributed by atoms with Crippen LogP contribution in [0, 0.1) is 0 Å². The van der Waals surface area contributed by atoms with Crippen LogP contribution in [-0.2, 0) is 27.5 Å². The third-order valence-corrected chi connectivity index (χ3v) is 6.63. The van der Waals surface area contributed by atoms with Crippen LogP contribution in [0.15, 0.2) is 58.8 Å². The fraction of sp³-hybridized carbons (Fsp3) is 0.308. The van der Waals surface area contributed by atoms with E-state index in [2.05, 4.69) is 12.2 Å². The highest BCUT2D eigenvalue weighted by molar-refractivity contribution is 6.31. The molecule has 5 rings (SSSR count). The molecule has 1 aromatic carbocycles. The van der Waals surface area contributed by atoms with Gasteiger partial charge >= 0.3 is 6.03 Å². The van der Waals surface area contributed by atoms with Crippen molar-refractivity contribution in [3.63, 3.8) is 0 Å². The lowest BCUT2D eigenvalue weighted by molar-refractivity contribution is -0.135. The summed E-state index contributed by atoms with van der Waals surface area (Å²) >= 11 is 0. The lowest BCUT2D eigenvalue weighted by Gasteiger charge is -2.33. The number of urea groups is 1. The summed E-state index contributed by atoms with van der Waals surface area (Å²) in [4.78, 5) is 53.9. The van der Waals surface area contributed by atoms with E-state index in [1.165, 1.54) is 12.3 Å². The first-order chi connectivity index (χ1) is 16.9. The Morgan fingerprint density at radius 1 is 1.14 bits per heavy atom. The molecule has 1 N–H and O–H groups in total. The van der Waals surface area contributed by atoms with Crippen molar-refractivity contribution in [3.05, 3.63) is 65.8 Å². The molecule has 0 radical (unpaired) electrons. The second kappa shape index (κ2) is 9.25. The number of nitrogens with one attached hydrogen (secondary N) is 1. The number of benzene rings is 1. The zero-order valence-electron chi connectivity index (χ0n) is 19.4. The summed E-state index contributed by atoms with van der Waals surface area (Å²) in [6.07, 6.45) is 7.84. The maximum Gasteiger partial charge on any atom is 0.331 e. The van der Waals surface area contributed by atoms with Crippen molar-refractivity contribution in [2.45, 2.75) is 45.3 Å². The van der Waals surface area contributed by atoms with Gasteiger partial charge in [-0.1, -0.05) is 18.2 Å². The van der Waals surface area contributed by atoms with Crippen LogP contribution in [0.1, 0.15) is 37.5 Å². The van der Waals surface area contributed by atoms with Crippen molar-refractivity contribution in [2.75, 3.05) is 6.54 Å². The minimum atomic E-state index is -0.794. The number of amides is 5. The van der Waals surface area contributed by atoms with Gasteiger partial charge in [0.2, 0.25) is 5.91 Å². The van der Waals surface area contributed by atoms with Gasteiger partial charge < -0.3 is 13.9 Å². The van der Waals surface area contributed by atoms with E-state index in [1.807, 2.05) is 33.7 Å². The van der Waals surface area contributed by atoms with E-state index >= 15 is 0 Å². The predicted octanol–water partition coefficient (Wildman–Crippen LogP) is 3.30. The Bertz CT molecular complexity index is 1340. The largest absolute Gasteiger partial charge is 0.467 e. The Hall–Kier alpha value is -4.14. The molecule has 0 bridgehead atoms. The van der Waals surface area contributed by atoms with E-state index < -0.39 is 17.8 Å². The number of carbonyl (C=O) groups excluding carboxylic acids is 4. The van der Waals surface area contributed by atoms with Crippen LogP contribution in [0.4, 0.5) is 4.79 Å². The Labute approximate surface area is 202 Å². The third-order valence-electron chi connectivity index (χ3n) is 6.63. The van der Waals surface area contributed by atoms with Crippen molar-refractivity contribution < 1.29 is 23.6 Å². The first-order valence-electron chi connectivity index (χ1n) is 11.7. The molecule has 1 unspecified atom stereocenters. The number of piperidine rings is 1. The van der Waals surface area contributed by atoms with Gasteiger partial charge in [-0.05, 0) is 50.5 Å². The van der Waals surface area contributed by atoms with Crippen LogP contribution >= 0.6 is 0 Å². The fourth-order valence-electron chi connectivity index (χ4n) is 4.78. The molecular formula is C26H26N4O5. The lowest BCUT2D eigenvalue weighted by Crippen LogP contribution is -2.53. The van der Waals surface area contributed by atoms with Crippen molar-refractivity contribution in [3.8, 4) is 0 Å². The Morgan fingerprint density at radius 3 is 2.74 bits per heavy atom. The van der Waals surface area contributed by atoms with Gasteiger partial charge in [0, 0.05) is 35.2 Å². The standard InChI is InChI=1S/C26H26N4O5/c1-17-7-4-5-11-29(17)23(31)16-28-14-18(20-9-2-3-10-22(20)28)13-21-24(32)27-26(34)30(25(21)33)15-19-8-6-12-35-19/h2-3,6,8-10,12-14,17H,4-5,7,11,15-16H2,1H3,(H,27,32,34)/b21-13-. The molecule has 9 heteroatoms. The number of carbonyl (C=O) groups is 4. The number of nitrogens with zero attached hydrogens (tertiary/aromatic N) is 3. The molecule has 180 valence electrons. The van der Waals surface area contributed by atoms with Gasteiger partial charge in [-0.3, -0.25) is 24.6 Å². The van der Waals surface area contributed by atoms with E-state index in [0.29, 0.717) is 11.3 Å². The zero-order chi connectivity index (χ0) is 24.5. The highest BCUT2D eigenvalue weighted by Gasteiger charge is 2.36. The molecule has 1 atom stereocenters. The van der Waals surface area contributed by atoms with Crippen molar-refractivity contribution >= 4 is 40.7 Å². The molecule has 3 aromatic rings. The molecule has 2 aliphatic heterocycles. The number of aromatic nitrogens is 1. The number of hydrogen-bond acceptors (Lipinski definition) is 5. The molecule has 2 aliphatic rings. The summed E-state index contributed by atoms with van der Waals surface area (Å²) in [6, 6.07) is 10.2. The maximum atomic E-state index is 13.1. The number of barbiturate groups is 1. The van der Waals surface area contributed by atoms with Crippen LogP contribution < -0.4 is 5.32 Å². The summed E-state index contributed by atoms with van der Waals surface area (Å²) < 4.78 is 7.10. The van der Waals surface area contributed by atoms with Crippen molar-refractivity contribution in [1.82, 2.24) is 19.7 Å². The molecule has 2 aromatic heterocycles. The average molecular weight is 475 g/mol. The molecular weight excluding hydrogens is 448 g/mol. The molecule has 35 heavy (non-hydrogen) atoms. The van der Waals surface area contributed by atoms with E-state index in [4.69, 9.17) is 4.42 Å². The number of rotatable bonds is 5. The van der Waals surface area contributed by atoms with Crippen LogP contribution in [0.2, 0.25) is 0 Å². The molecule has 0 saturated carbocycles. The number of imide groups is 2. The Kier molecular flexibility index (Phi) is 5.98. The van der Waals surface area contributed by atoms with Crippen LogP contribution in [0.25, 0.3) is 17.0 Å². The minimum absolute atomic E-state index is 0.0406. The van der Waals surface area contributed by atoms with E-state index in [-0.39, 0.29) is 30.6 Å². The summed E-state index contributed by atoms with van der Waals surface area (Å²) in [5, 5.41) is 3.03. The van der Waals surface area contributed by atoms with Gasteiger partial charge in [0.05, 0.1) is 12.8 Å². The first-order valence-corrected chi connectivity index (χ1v) is 11.7. The van der Waals surface area contributed by atoms with Crippen LogP contribution in [0.5, 0.6) is 0 Å². The number of fused-ring (bicyclic) bond motifs is 1. The van der Waals surface area contributed by atoms with E-state index in [0.717, 1.165) is 41.6 Å². The molecule has 2 saturated heterocycles. The maximum absolute atomic E-state index is 13.1. The summed E-state index contributed by atoms with van der Waals surface area (Å²) in [6.45, 7) is 2.90. The lowest BCUT2D eigenvalue weighted by atomic mass is 10.0. The molecule has 5 amide bonds. The molecule has 4 heterocycles. The molecule has 0 spiro atoms. The SMILES string of the molecule is CC1CCCCN1C(=O)Cn1cc(/C=C2/C(=O)NC(=O)N(Cc3ccco3)C2=O)c2ccccc21. The second-order valence-corrected chi connectivity index (χ2v) is 8.95.